The van der Waals surface area contributed by atoms with Crippen molar-refractivity contribution in [1.82, 2.24) is 19.3 Å². The molecule has 0 amide bonds. The van der Waals surface area contributed by atoms with Crippen LogP contribution in [0.4, 0.5) is 4.39 Å². The zero-order valence-electron chi connectivity index (χ0n) is 14.8. The normalized spacial score (nSPS) is 18.1. The van der Waals surface area contributed by atoms with E-state index in [0.717, 1.165) is 11.3 Å². The maximum atomic E-state index is 13.5. The van der Waals surface area contributed by atoms with Gasteiger partial charge in [-0.2, -0.15) is 4.31 Å². The molecule has 0 spiro atoms. The van der Waals surface area contributed by atoms with E-state index in [1.807, 2.05) is 36.5 Å². The summed E-state index contributed by atoms with van der Waals surface area (Å²) in [6.45, 7) is 2.27. The molecule has 0 saturated carbocycles. The summed E-state index contributed by atoms with van der Waals surface area (Å²) in [7, 11) is -3.66. The second-order valence-corrected chi connectivity index (χ2v) is 8.60. The van der Waals surface area contributed by atoms with Crippen LogP contribution >= 0.6 is 0 Å². The average molecular weight is 386 g/mol. The van der Waals surface area contributed by atoms with Gasteiger partial charge in [0.2, 0.25) is 10.0 Å². The van der Waals surface area contributed by atoms with E-state index in [1.54, 1.807) is 11.6 Å². The highest BCUT2D eigenvalue weighted by Crippen LogP contribution is 2.28. The predicted molar refractivity (Wildman–Crippen MR) is 99.0 cm³/mol. The van der Waals surface area contributed by atoms with Crippen LogP contribution in [0.3, 0.4) is 0 Å². The van der Waals surface area contributed by atoms with Gasteiger partial charge in [-0.3, -0.25) is 0 Å². The van der Waals surface area contributed by atoms with Gasteiger partial charge in [0, 0.05) is 18.7 Å². The van der Waals surface area contributed by atoms with E-state index < -0.39 is 15.8 Å². The molecule has 1 fully saturated rings. The van der Waals surface area contributed by atoms with Crippen molar-refractivity contribution in [3.05, 3.63) is 66.1 Å². The molecule has 1 saturated heterocycles. The molecular weight excluding hydrogens is 367 g/mol. The fraction of sp³-hybridized carbons (Fsp3) is 0.263. The third-order valence-corrected chi connectivity index (χ3v) is 6.71. The van der Waals surface area contributed by atoms with Crippen molar-refractivity contribution < 1.29 is 12.8 Å². The zero-order valence-corrected chi connectivity index (χ0v) is 15.6. The number of halogens is 1. The molecule has 2 heterocycles. The number of rotatable bonds is 4. The second-order valence-electron chi connectivity index (χ2n) is 6.67. The van der Waals surface area contributed by atoms with E-state index in [0.29, 0.717) is 25.1 Å². The Balaban J connectivity index is 1.53. The van der Waals surface area contributed by atoms with Crippen LogP contribution in [-0.4, -0.2) is 40.8 Å². The molecule has 0 aliphatic carbocycles. The van der Waals surface area contributed by atoms with Crippen molar-refractivity contribution in [3.63, 3.8) is 0 Å². The monoisotopic (exact) mass is 386 g/mol. The summed E-state index contributed by atoms with van der Waals surface area (Å²) in [6.07, 6.45) is 2.50. The van der Waals surface area contributed by atoms with Crippen molar-refractivity contribution in [1.29, 1.82) is 0 Å². The Labute approximate surface area is 157 Å². The van der Waals surface area contributed by atoms with E-state index in [2.05, 4.69) is 10.3 Å². The first-order chi connectivity index (χ1) is 12.9. The maximum Gasteiger partial charge on any atom is 0.243 e. The molecule has 27 heavy (non-hydrogen) atoms. The molecule has 0 N–H and O–H groups in total. The number of aryl methyl sites for hydroxylation is 1. The Morgan fingerprint density at radius 3 is 2.67 bits per heavy atom. The third-order valence-electron chi connectivity index (χ3n) is 4.85. The van der Waals surface area contributed by atoms with Gasteiger partial charge in [-0.25, -0.2) is 17.5 Å². The number of nitrogens with zero attached hydrogens (tertiary/aromatic N) is 4. The van der Waals surface area contributed by atoms with E-state index in [4.69, 9.17) is 0 Å². The van der Waals surface area contributed by atoms with Gasteiger partial charge < -0.3 is 0 Å². The van der Waals surface area contributed by atoms with Crippen LogP contribution in [0.2, 0.25) is 0 Å². The topological polar surface area (TPSA) is 68.1 Å². The van der Waals surface area contributed by atoms with Gasteiger partial charge in [-0.15, -0.1) is 5.10 Å². The Hall–Kier alpha value is -2.58. The molecule has 1 aliphatic heterocycles. The lowest BCUT2D eigenvalue weighted by atomic mass is 10.2. The first-order valence-corrected chi connectivity index (χ1v) is 10.1. The van der Waals surface area contributed by atoms with Crippen molar-refractivity contribution >= 4 is 10.0 Å². The van der Waals surface area contributed by atoms with Crippen LogP contribution in [0.25, 0.3) is 11.3 Å². The number of hydrogen-bond acceptors (Lipinski definition) is 4. The highest BCUT2D eigenvalue weighted by molar-refractivity contribution is 7.89. The van der Waals surface area contributed by atoms with Crippen LogP contribution in [0.1, 0.15) is 18.0 Å². The molecule has 1 atom stereocenters. The second kappa shape index (κ2) is 6.86. The fourth-order valence-electron chi connectivity index (χ4n) is 3.27. The highest BCUT2D eigenvalue weighted by atomic mass is 32.2. The fourth-order valence-corrected chi connectivity index (χ4v) is 4.85. The summed E-state index contributed by atoms with van der Waals surface area (Å²) < 4.78 is 42.3. The van der Waals surface area contributed by atoms with Gasteiger partial charge in [0.05, 0.1) is 17.1 Å². The van der Waals surface area contributed by atoms with Crippen molar-refractivity contribution in [3.8, 4) is 11.3 Å². The standard InChI is InChI=1S/C19H19FN4O2S/c1-14-11-17(7-8-18(14)20)27(25,26)23-10-9-16(12-23)24-13-19(21-22-24)15-5-3-2-4-6-15/h2-8,11,13,16H,9-10,12H2,1H3/t16-/m1/s1. The lowest BCUT2D eigenvalue weighted by Crippen LogP contribution is -2.29. The first kappa shape index (κ1) is 17.8. The molecule has 6 nitrogen and oxygen atoms in total. The van der Waals surface area contributed by atoms with E-state index in [1.165, 1.54) is 22.5 Å². The van der Waals surface area contributed by atoms with Gasteiger partial charge in [0.1, 0.15) is 11.5 Å². The van der Waals surface area contributed by atoms with Crippen LogP contribution in [0.5, 0.6) is 0 Å². The summed E-state index contributed by atoms with van der Waals surface area (Å²) in [5.41, 5.74) is 2.04. The molecule has 2 aromatic carbocycles. The molecule has 8 heteroatoms. The number of hydrogen-bond donors (Lipinski definition) is 0. The van der Waals surface area contributed by atoms with Gasteiger partial charge in [0.25, 0.3) is 0 Å². The van der Waals surface area contributed by atoms with E-state index in [-0.39, 0.29) is 10.9 Å². The minimum atomic E-state index is -3.66. The van der Waals surface area contributed by atoms with Gasteiger partial charge >= 0.3 is 0 Å². The number of aromatic nitrogens is 3. The lowest BCUT2D eigenvalue weighted by molar-refractivity contribution is 0.428. The summed E-state index contributed by atoms with van der Waals surface area (Å²) >= 11 is 0. The Morgan fingerprint density at radius 2 is 1.93 bits per heavy atom. The largest absolute Gasteiger partial charge is 0.247 e. The summed E-state index contributed by atoms with van der Waals surface area (Å²) in [5.74, 6) is -0.413. The van der Waals surface area contributed by atoms with Crippen molar-refractivity contribution in [2.45, 2.75) is 24.3 Å². The van der Waals surface area contributed by atoms with Crippen LogP contribution in [-0.2, 0) is 10.0 Å². The van der Waals surface area contributed by atoms with Gasteiger partial charge in [-0.05, 0) is 37.1 Å². The first-order valence-electron chi connectivity index (χ1n) is 8.69. The van der Waals surface area contributed by atoms with E-state index in [9.17, 15) is 12.8 Å². The molecule has 1 aliphatic rings. The Kier molecular flexibility index (Phi) is 4.53. The smallest absolute Gasteiger partial charge is 0.243 e. The third kappa shape index (κ3) is 3.38. The summed E-state index contributed by atoms with van der Waals surface area (Å²) in [5, 5.41) is 8.39. The number of sulfonamides is 1. The molecule has 3 aromatic rings. The number of benzene rings is 2. The zero-order chi connectivity index (χ0) is 19.0. The van der Waals surface area contributed by atoms with Gasteiger partial charge in [0.15, 0.2) is 0 Å². The molecular formula is C19H19FN4O2S. The van der Waals surface area contributed by atoms with Crippen molar-refractivity contribution in [2.75, 3.05) is 13.1 Å². The van der Waals surface area contributed by atoms with Crippen LogP contribution < -0.4 is 0 Å². The SMILES string of the molecule is Cc1cc(S(=O)(=O)N2CC[C@@H](n3cc(-c4ccccc4)nn3)C2)ccc1F. The molecule has 1 aromatic heterocycles. The predicted octanol–water partition coefficient (Wildman–Crippen LogP) is 3.03. The molecule has 4 rings (SSSR count). The van der Waals surface area contributed by atoms with Gasteiger partial charge in [-0.1, -0.05) is 35.5 Å². The average Bonchev–Trinajstić information content (AvgIpc) is 3.34. The van der Waals surface area contributed by atoms with Crippen LogP contribution in [0, 0.1) is 12.7 Å². The minimum absolute atomic E-state index is 0.0775. The van der Waals surface area contributed by atoms with Crippen LogP contribution in [0.15, 0.2) is 59.6 Å². The highest BCUT2D eigenvalue weighted by Gasteiger charge is 2.34. The minimum Gasteiger partial charge on any atom is -0.247 e. The quantitative estimate of drug-likeness (QED) is 0.691. The van der Waals surface area contributed by atoms with E-state index >= 15 is 0 Å². The molecule has 140 valence electrons. The maximum absolute atomic E-state index is 13.5. The molecule has 0 bridgehead atoms. The molecule has 0 unspecified atom stereocenters. The summed E-state index contributed by atoms with van der Waals surface area (Å²) in [4.78, 5) is 0.116. The molecule has 0 radical (unpaired) electrons. The Bertz CT molecular complexity index is 1070. The lowest BCUT2D eigenvalue weighted by Gasteiger charge is -2.17. The summed E-state index contributed by atoms with van der Waals surface area (Å²) in [6, 6.07) is 13.5. The van der Waals surface area contributed by atoms with Crippen molar-refractivity contribution in [2.24, 2.45) is 0 Å². The Morgan fingerprint density at radius 1 is 1.15 bits per heavy atom.